The molecule has 2 rings (SSSR count). The second-order valence-corrected chi connectivity index (χ2v) is 5.53. The van der Waals surface area contributed by atoms with Crippen LogP contribution in [0.25, 0.3) is 0 Å². The Morgan fingerprint density at radius 2 is 1.75 bits per heavy atom. The standard InChI is InChI=1S/C18H20F2N2O2/c1-22(2)15(17-13(19)8-6-9-14(17)20)11-21-18(23)12-7-4-5-10-16(12)24-3/h4-10,15H,11H2,1-3H3,(H,21,23). The van der Waals surface area contributed by atoms with Gasteiger partial charge in [0.15, 0.2) is 0 Å². The fourth-order valence-electron chi connectivity index (χ4n) is 2.49. The maximum absolute atomic E-state index is 14.0. The molecule has 128 valence electrons. The molecule has 1 unspecified atom stereocenters. The molecule has 0 fully saturated rings. The van der Waals surface area contributed by atoms with Crippen LogP contribution in [0, 0.1) is 11.6 Å². The van der Waals surface area contributed by atoms with E-state index >= 15 is 0 Å². The first-order valence-electron chi connectivity index (χ1n) is 7.47. The molecule has 6 heteroatoms. The molecule has 0 radical (unpaired) electrons. The molecule has 2 aromatic rings. The minimum absolute atomic E-state index is 0.0573. The number of hydrogen-bond acceptors (Lipinski definition) is 3. The molecule has 0 saturated carbocycles. The second-order valence-electron chi connectivity index (χ2n) is 5.53. The maximum Gasteiger partial charge on any atom is 0.255 e. The lowest BCUT2D eigenvalue weighted by atomic mass is 10.0. The molecule has 0 saturated heterocycles. The van der Waals surface area contributed by atoms with Gasteiger partial charge in [0.2, 0.25) is 0 Å². The van der Waals surface area contributed by atoms with Gasteiger partial charge in [0.25, 0.3) is 5.91 Å². The van der Waals surface area contributed by atoms with E-state index in [2.05, 4.69) is 5.32 Å². The van der Waals surface area contributed by atoms with Crippen LogP contribution in [0.4, 0.5) is 8.78 Å². The van der Waals surface area contributed by atoms with E-state index in [-0.39, 0.29) is 18.0 Å². The van der Waals surface area contributed by atoms with Crippen LogP contribution in [-0.2, 0) is 0 Å². The third-order valence-electron chi connectivity index (χ3n) is 3.76. The highest BCUT2D eigenvalue weighted by Gasteiger charge is 2.23. The minimum atomic E-state index is -0.639. The molecule has 0 heterocycles. The lowest BCUT2D eigenvalue weighted by Gasteiger charge is -2.26. The van der Waals surface area contributed by atoms with Crippen LogP contribution in [-0.4, -0.2) is 38.6 Å². The lowest BCUT2D eigenvalue weighted by Crippen LogP contribution is -2.35. The van der Waals surface area contributed by atoms with E-state index < -0.39 is 17.7 Å². The Labute approximate surface area is 140 Å². The van der Waals surface area contributed by atoms with E-state index in [0.717, 1.165) is 0 Å². The van der Waals surface area contributed by atoms with Crippen molar-refractivity contribution in [2.75, 3.05) is 27.7 Å². The Kier molecular flexibility index (Phi) is 5.87. The molecule has 0 aliphatic heterocycles. The normalized spacial score (nSPS) is 12.1. The van der Waals surface area contributed by atoms with Gasteiger partial charge in [-0.3, -0.25) is 4.79 Å². The zero-order valence-electron chi connectivity index (χ0n) is 13.8. The fourth-order valence-corrected chi connectivity index (χ4v) is 2.49. The van der Waals surface area contributed by atoms with E-state index in [1.54, 1.807) is 43.3 Å². The quantitative estimate of drug-likeness (QED) is 0.883. The smallest absolute Gasteiger partial charge is 0.255 e. The van der Waals surface area contributed by atoms with Gasteiger partial charge in [0.1, 0.15) is 17.4 Å². The van der Waals surface area contributed by atoms with E-state index in [1.165, 1.54) is 25.3 Å². The van der Waals surface area contributed by atoms with Gasteiger partial charge in [-0.2, -0.15) is 0 Å². The molecule has 24 heavy (non-hydrogen) atoms. The number of carbonyl (C=O) groups is 1. The highest BCUT2D eigenvalue weighted by molar-refractivity contribution is 5.96. The Bertz CT molecular complexity index is 700. The molecule has 1 amide bonds. The Morgan fingerprint density at radius 1 is 1.12 bits per heavy atom. The van der Waals surface area contributed by atoms with Crippen molar-refractivity contribution in [1.82, 2.24) is 10.2 Å². The molecule has 4 nitrogen and oxygen atoms in total. The van der Waals surface area contributed by atoms with Crippen molar-refractivity contribution >= 4 is 5.91 Å². The zero-order chi connectivity index (χ0) is 17.7. The van der Waals surface area contributed by atoms with Gasteiger partial charge in [0, 0.05) is 12.1 Å². The number of methoxy groups -OCH3 is 1. The topological polar surface area (TPSA) is 41.6 Å². The summed E-state index contributed by atoms with van der Waals surface area (Å²) in [4.78, 5) is 14.0. The van der Waals surface area contributed by atoms with Crippen molar-refractivity contribution in [3.63, 3.8) is 0 Å². The first-order chi connectivity index (χ1) is 11.5. The molecule has 1 atom stereocenters. The highest BCUT2D eigenvalue weighted by atomic mass is 19.1. The number of likely N-dealkylation sites (N-methyl/N-ethyl adjacent to an activating group) is 1. The van der Waals surface area contributed by atoms with Crippen LogP contribution in [0.2, 0.25) is 0 Å². The first kappa shape index (κ1) is 17.9. The van der Waals surface area contributed by atoms with E-state index in [1.807, 2.05) is 0 Å². The first-order valence-corrected chi connectivity index (χ1v) is 7.47. The molecule has 0 aromatic heterocycles. The average molecular weight is 334 g/mol. The third kappa shape index (κ3) is 3.89. The van der Waals surface area contributed by atoms with Gasteiger partial charge in [-0.25, -0.2) is 8.78 Å². The summed E-state index contributed by atoms with van der Waals surface area (Å²) in [7, 11) is 4.88. The molecular formula is C18H20F2N2O2. The van der Waals surface area contributed by atoms with Gasteiger partial charge in [0.05, 0.1) is 18.7 Å². The summed E-state index contributed by atoms with van der Waals surface area (Å²) in [5.41, 5.74) is 0.300. The van der Waals surface area contributed by atoms with Crippen LogP contribution >= 0.6 is 0 Å². The third-order valence-corrected chi connectivity index (χ3v) is 3.76. The molecule has 0 aliphatic rings. The van der Waals surface area contributed by atoms with E-state index in [9.17, 15) is 13.6 Å². The fraction of sp³-hybridized carbons (Fsp3) is 0.278. The summed E-state index contributed by atoms with van der Waals surface area (Å²) < 4.78 is 33.2. The largest absolute Gasteiger partial charge is 0.496 e. The summed E-state index contributed by atoms with van der Waals surface area (Å²) in [6.07, 6.45) is 0. The number of carbonyl (C=O) groups excluding carboxylic acids is 1. The Morgan fingerprint density at radius 3 is 2.33 bits per heavy atom. The van der Waals surface area contributed by atoms with Crippen LogP contribution in [0.3, 0.4) is 0 Å². The number of nitrogens with zero attached hydrogens (tertiary/aromatic N) is 1. The monoisotopic (exact) mass is 334 g/mol. The summed E-state index contributed by atoms with van der Waals surface area (Å²) in [6.45, 7) is 0.0573. The summed E-state index contributed by atoms with van der Waals surface area (Å²) in [6, 6.07) is 9.87. The molecule has 0 aliphatic carbocycles. The molecule has 0 bridgehead atoms. The van der Waals surface area contributed by atoms with Crippen molar-refractivity contribution in [1.29, 1.82) is 0 Å². The zero-order valence-corrected chi connectivity index (χ0v) is 13.8. The number of ether oxygens (including phenoxy) is 1. The predicted molar refractivity (Wildman–Crippen MR) is 88.1 cm³/mol. The van der Waals surface area contributed by atoms with Crippen molar-refractivity contribution < 1.29 is 18.3 Å². The average Bonchev–Trinajstić information content (AvgIpc) is 2.56. The van der Waals surface area contributed by atoms with Crippen LogP contribution in [0.5, 0.6) is 5.75 Å². The van der Waals surface area contributed by atoms with Crippen molar-refractivity contribution in [3.05, 3.63) is 65.2 Å². The summed E-state index contributed by atoms with van der Waals surface area (Å²) in [5, 5.41) is 2.71. The number of nitrogens with one attached hydrogen (secondary N) is 1. The van der Waals surface area contributed by atoms with Crippen molar-refractivity contribution in [2.45, 2.75) is 6.04 Å². The highest BCUT2D eigenvalue weighted by Crippen LogP contribution is 2.24. The van der Waals surface area contributed by atoms with Crippen molar-refractivity contribution in [2.24, 2.45) is 0 Å². The van der Waals surface area contributed by atoms with Gasteiger partial charge in [-0.05, 0) is 38.4 Å². The molecule has 0 spiro atoms. The van der Waals surface area contributed by atoms with E-state index in [0.29, 0.717) is 11.3 Å². The van der Waals surface area contributed by atoms with E-state index in [4.69, 9.17) is 4.74 Å². The number of halogens is 2. The SMILES string of the molecule is COc1ccccc1C(=O)NCC(c1c(F)cccc1F)N(C)C. The predicted octanol–water partition coefficient (Wildman–Crippen LogP) is 3.01. The number of hydrogen-bond donors (Lipinski definition) is 1. The maximum atomic E-state index is 14.0. The lowest BCUT2D eigenvalue weighted by molar-refractivity contribution is 0.0937. The second kappa shape index (κ2) is 7.88. The summed E-state index contributed by atoms with van der Waals surface area (Å²) in [5.74, 6) is -1.20. The molecule has 1 N–H and O–H groups in total. The number of benzene rings is 2. The Balaban J connectivity index is 2.19. The van der Waals surface area contributed by atoms with Gasteiger partial charge in [-0.15, -0.1) is 0 Å². The van der Waals surface area contributed by atoms with Gasteiger partial charge in [-0.1, -0.05) is 18.2 Å². The van der Waals surface area contributed by atoms with Crippen molar-refractivity contribution in [3.8, 4) is 5.75 Å². The van der Waals surface area contributed by atoms with Gasteiger partial charge < -0.3 is 15.0 Å². The van der Waals surface area contributed by atoms with Crippen LogP contribution in [0.15, 0.2) is 42.5 Å². The Hall–Kier alpha value is -2.47. The molecular weight excluding hydrogens is 314 g/mol. The molecule has 2 aromatic carbocycles. The number of rotatable bonds is 6. The minimum Gasteiger partial charge on any atom is -0.496 e. The number of amides is 1. The summed E-state index contributed by atoms with van der Waals surface area (Å²) >= 11 is 0. The van der Waals surface area contributed by atoms with Crippen LogP contribution < -0.4 is 10.1 Å². The van der Waals surface area contributed by atoms with Crippen LogP contribution in [0.1, 0.15) is 22.0 Å². The van der Waals surface area contributed by atoms with Gasteiger partial charge >= 0.3 is 0 Å². The number of para-hydroxylation sites is 1.